The first-order valence-electron chi connectivity index (χ1n) is 6.52. The topological polar surface area (TPSA) is 52.6 Å². The molecule has 4 nitrogen and oxygen atoms in total. The Labute approximate surface area is 128 Å². The number of hydrogen-bond donors (Lipinski definition) is 0. The number of rotatable bonds is 3. The third-order valence-corrected chi connectivity index (χ3v) is 4.77. The molecule has 1 atom stereocenters. The van der Waals surface area contributed by atoms with Crippen molar-refractivity contribution >= 4 is 19.7 Å². The minimum absolute atomic E-state index is 0.0331. The van der Waals surface area contributed by atoms with Crippen LogP contribution in [0, 0.1) is 5.82 Å². The molecule has 2 rings (SSSR count). The molecule has 118 valence electrons. The van der Waals surface area contributed by atoms with Crippen molar-refractivity contribution in [3.05, 3.63) is 24.0 Å². The second kappa shape index (κ2) is 5.11. The number of ether oxygens (including phenoxy) is 2. The fourth-order valence-electron chi connectivity index (χ4n) is 2.62. The number of halogens is 2. The Morgan fingerprint density at radius 1 is 1.33 bits per heavy atom. The maximum absolute atomic E-state index is 13.3. The maximum Gasteiger partial charge on any atom is 0.265 e. The van der Waals surface area contributed by atoms with Crippen LogP contribution < -0.4 is 4.74 Å². The van der Waals surface area contributed by atoms with E-state index in [1.54, 1.807) is 0 Å². The van der Waals surface area contributed by atoms with Crippen LogP contribution in [0.1, 0.15) is 34.1 Å². The molecule has 0 spiro atoms. The van der Waals surface area contributed by atoms with E-state index in [9.17, 15) is 12.8 Å². The summed E-state index contributed by atoms with van der Waals surface area (Å²) in [6.45, 7) is 7.60. The van der Waals surface area contributed by atoms with Crippen molar-refractivity contribution in [3.63, 3.8) is 0 Å². The van der Waals surface area contributed by atoms with Crippen LogP contribution in [0.15, 0.2) is 23.1 Å². The summed E-state index contributed by atoms with van der Waals surface area (Å²) < 4.78 is 48.0. The molecule has 21 heavy (non-hydrogen) atoms. The SMILES string of the molecule is CC1(C)CC(Oc2ccc(F)cc2S(=O)(=O)Cl)C(C)(C)O1. The van der Waals surface area contributed by atoms with Crippen LogP contribution >= 0.6 is 10.7 Å². The minimum Gasteiger partial charge on any atom is -0.486 e. The van der Waals surface area contributed by atoms with Crippen LogP contribution in [-0.4, -0.2) is 25.7 Å². The largest absolute Gasteiger partial charge is 0.486 e. The highest BCUT2D eigenvalue weighted by Crippen LogP contribution is 2.40. The van der Waals surface area contributed by atoms with Crippen molar-refractivity contribution in [2.45, 2.75) is 56.3 Å². The van der Waals surface area contributed by atoms with Gasteiger partial charge in [0.05, 0.1) is 5.60 Å². The Morgan fingerprint density at radius 2 is 1.95 bits per heavy atom. The first-order valence-corrected chi connectivity index (χ1v) is 8.83. The fourth-order valence-corrected chi connectivity index (χ4v) is 3.59. The molecule has 0 aliphatic carbocycles. The molecule has 1 aromatic carbocycles. The lowest BCUT2D eigenvalue weighted by Crippen LogP contribution is -2.37. The molecule has 7 heteroatoms. The van der Waals surface area contributed by atoms with Crippen molar-refractivity contribution in [1.29, 1.82) is 0 Å². The van der Waals surface area contributed by atoms with E-state index >= 15 is 0 Å². The zero-order valence-electron chi connectivity index (χ0n) is 12.3. The monoisotopic (exact) mass is 336 g/mol. The van der Waals surface area contributed by atoms with Crippen LogP contribution in [0.2, 0.25) is 0 Å². The Balaban J connectivity index is 2.37. The van der Waals surface area contributed by atoms with Gasteiger partial charge >= 0.3 is 0 Å². The maximum atomic E-state index is 13.3. The summed E-state index contributed by atoms with van der Waals surface area (Å²) in [6.07, 6.45) is 0.217. The Kier molecular flexibility index (Phi) is 4.02. The van der Waals surface area contributed by atoms with Crippen LogP contribution in [-0.2, 0) is 13.8 Å². The van der Waals surface area contributed by atoms with E-state index in [-0.39, 0.29) is 22.4 Å². The first-order chi connectivity index (χ1) is 9.41. The van der Waals surface area contributed by atoms with Crippen molar-refractivity contribution in [2.24, 2.45) is 0 Å². The van der Waals surface area contributed by atoms with Gasteiger partial charge in [-0.3, -0.25) is 0 Å². The van der Waals surface area contributed by atoms with E-state index in [1.807, 2.05) is 27.7 Å². The van der Waals surface area contributed by atoms with E-state index in [0.717, 1.165) is 12.1 Å². The molecular weight excluding hydrogens is 319 g/mol. The Bertz CT molecular complexity index is 655. The van der Waals surface area contributed by atoms with Crippen molar-refractivity contribution in [1.82, 2.24) is 0 Å². The minimum atomic E-state index is -4.10. The number of benzene rings is 1. The average Bonchev–Trinajstić information content (AvgIpc) is 2.47. The smallest absolute Gasteiger partial charge is 0.265 e. The van der Waals surface area contributed by atoms with Gasteiger partial charge in [0.1, 0.15) is 28.2 Å². The lowest BCUT2D eigenvalue weighted by Gasteiger charge is -2.27. The van der Waals surface area contributed by atoms with Crippen LogP contribution in [0.4, 0.5) is 4.39 Å². The summed E-state index contributed by atoms with van der Waals surface area (Å²) in [5.74, 6) is -0.658. The summed E-state index contributed by atoms with van der Waals surface area (Å²) in [5, 5.41) is 0. The Morgan fingerprint density at radius 3 is 2.43 bits per heavy atom. The zero-order valence-corrected chi connectivity index (χ0v) is 13.9. The predicted octanol–water partition coefficient (Wildman–Crippen LogP) is 3.48. The number of hydrogen-bond acceptors (Lipinski definition) is 4. The highest BCUT2D eigenvalue weighted by atomic mass is 35.7. The molecule has 1 saturated heterocycles. The predicted molar refractivity (Wildman–Crippen MR) is 77.7 cm³/mol. The molecule has 1 fully saturated rings. The van der Waals surface area contributed by atoms with Gasteiger partial charge in [0.2, 0.25) is 0 Å². The fraction of sp³-hybridized carbons (Fsp3) is 0.571. The summed E-state index contributed by atoms with van der Waals surface area (Å²) >= 11 is 0. The molecule has 1 aliphatic heterocycles. The quantitative estimate of drug-likeness (QED) is 0.793. The van der Waals surface area contributed by atoms with Gasteiger partial charge in [-0.25, -0.2) is 12.8 Å². The van der Waals surface area contributed by atoms with Gasteiger partial charge in [0.15, 0.2) is 0 Å². The molecule has 0 N–H and O–H groups in total. The summed E-state index contributed by atoms with van der Waals surface area (Å²) in [5.41, 5.74) is -0.973. The molecule has 0 saturated carbocycles. The van der Waals surface area contributed by atoms with Gasteiger partial charge in [-0.15, -0.1) is 0 Å². The van der Waals surface area contributed by atoms with Gasteiger partial charge in [0.25, 0.3) is 9.05 Å². The molecule has 0 bridgehead atoms. The normalized spacial score (nSPS) is 24.0. The second-order valence-electron chi connectivity index (χ2n) is 6.30. The molecule has 0 aromatic heterocycles. The summed E-state index contributed by atoms with van der Waals surface area (Å²) in [4.78, 5) is -0.371. The van der Waals surface area contributed by atoms with Crippen molar-refractivity contribution in [2.75, 3.05) is 0 Å². The van der Waals surface area contributed by atoms with E-state index < -0.39 is 20.5 Å². The van der Waals surface area contributed by atoms with Gasteiger partial charge in [-0.05, 0) is 45.9 Å². The average molecular weight is 337 g/mol. The standard InChI is InChI=1S/C14H18ClFO4S/c1-13(2)8-12(14(3,4)20-13)19-10-6-5-9(16)7-11(10)21(15,17)18/h5-7,12H,8H2,1-4H3. The zero-order chi connectivity index (χ0) is 16.1. The van der Waals surface area contributed by atoms with Gasteiger partial charge in [-0.2, -0.15) is 0 Å². The molecule has 1 aliphatic rings. The second-order valence-corrected chi connectivity index (χ2v) is 8.84. The van der Waals surface area contributed by atoms with E-state index in [1.165, 1.54) is 6.07 Å². The first kappa shape index (κ1) is 16.5. The Hall–Kier alpha value is -0.850. The summed E-state index contributed by atoms with van der Waals surface area (Å²) in [7, 11) is 1.25. The molecule has 1 heterocycles. The van der Waals surface area contributed by atoms with E-state index in [2.05, 4.69) is 0 Å². The molecule has 0 amide bonds. The lowest BCUT2D eigenvalue weighted by molar-refractivity contribution is -0.0849. The van der Waals surface area contributed by atoms with Crippen molar-refractivity contribution < 1.29 is 22.3 Å². The lowest BCUT2D eigenvalue weighted by atomic mass is 9.97. The summed E-state index contributed by atoms with van der Waals surface area (Å²) in [6, 6.07) is 3.26. The van der Waals surface area contributed by atoms with Crippen LogP contribution in [0.3, 0.4) is 0 Å². The highest BCUT2D eigenvalue weighted by molar-refractivity contribution is 8.13. The third kappa shape index (κ3) is 3.67. The third-order valence-electron chi connectivity index (χ3n) is 3.43. The molecule has 1 unspecified atom stereocenters. The van der Waals surface area contributed by atoms with Gasteiger partial charge in [0, 0.05) is 17.1 Å². The molecule has 0 radical (unpaired) electrons. The van der Waals surface area contributed by atoms with Gasteiger partial charge in [-0.1, -0.05) is 0 Å². The highest BCUT2D eigenvalue weighted by Gasteiger charge is 2.47. The molecular formula is C14H18ClFO4S. The van der Waals surface area contributed by atoms with Crippen LogP contribution in [0.25, 0.3) is 0 Å². The van der Waals surface area contributed by atoms with Crippen LogP contribution in [0.5, 0.6) is 5.75 Å². The van der Waals surface area contributed by atoms with Crippen molar-refractivity contribution in [3.8, 4) is 5.75 Å². The molecule has 1 aromatic rings. The van der Waals surface area contributed by atoms with E-state index in [0.29, 0.717) is 6.42 Å². The van der Waals surface area contributed by atoms with E-state index in [4.69, 9.17) is 20.2 Å². The van der Waals surface area contributed by atoms with Gasteiger partial charge < -0.3 is 9.47 Å².